The minimum absolute atomic E-state index is 0.140. The highest BCUT2D eigenvalue weighted by Gasteiger charge is 2.29. The number of halogens is 1. The summed E-state index contributed by atoms with van der Waals surface area (Å²) in [6.07, 6.45) is 2.09. The number of anilines is 1. The van der Waals surface area contributed by atoms with Crippen molar-refractivity contribution in [2.45, 2.75) is 25.8 Å². The van der Waals surface area contributed by atoms with Crippen molar-refractivity contribution in [3.8, 4) is 0 Å². The summed E-state index contributed by atoms with van der Waals surface area (Å²) < 4.78 is 19.1. The van der Waals surface area contributed by atoms with Crippen LogP contribution in [0.4, 0.5) is 10.1 Å². The summed E-state index contributed by atoms with van der Waals surface area (Å²) in [6.45, 7) is 6.74. The molecule has 110 valence electrons. The van der Waals surface area contributed by atoms with Gasteiger partial charge in [0.25, 0.3) is 0 Å². The van der Waals surface area contributed by atoms with E-state index in [0.29, 0.717) is 12.0 Å². The Balaban J connectivity index is 1.70. The molecule has 1 saturated heterocycles. The summed E-state index contributed by atoms with van der Waals surface area (Å²) in [7, 11) is 0. The topological polar surface area (TPSA) is 24.5 Å². The van der Waals surface area contributed by atoms with Gasteiger partial charge in [0.1, 0.15) is 5.82 Å². The molecule has 1 aromatic carbocycles. The molecular weight excluding hydrogens is 255 g/mol. The SMILES string of the molecule is CCNC1CCOCC1CN1CCc2ccc(F)cc21. The fourth-order valence-electron chi connectivity index (χ4n) is 3.40. The highest BCUT2D eigenvalue weighted by atomic mass is 19.1. The number of hydrogen-bond acceptors (Lipinski definition) is 3. The average Bonchev–Trinajstić information content (AvgIpc) is 2.84. The van der Waals surface area contributed by atoms with Gasteiger partial charge in [0, 0.05) is 37.3 Å². The Bertz CT molecular complexity index is 464. The first-order chi connectivity index (χ1) is 9.78. The van der Waals surface area contributed by atoms with Crippen LogP contribution in [0.15, 0.2) is 18.2 Å². The summed E-state index contributed by atoms with van der Waals surface area (Å²) >= 11 is 0. The van der Waals surface area contributed by atoms with E-state index in [9.17, 15) is 4.39 Å². The summed E-state index contributed by atoms with van der Waals surface area (Å²) in [5, 5.41) is 3.56. The lowest BCUT2D eigenvalue weighted by atomic mass is 9.95. The second-order valence-electron chi connectivity index (χ2n) is 5.76. The zero-order chi connectivity index (χ0) is 13.9. The van der Waals surface area contributed by atoms with Crippen molar-refractivity contribution in [3.05, 3.63) is 29.6 Å². The predicted molar refractivity (Wildman–Crippen MR) is 78.7 cm³/mol. The lowest BCUT2D eigenvalue weighted by molar-refractivity contribution is 0.0353. The van der Waals surface area contributed by atoms with E-state index in [0.717, 1.165) is 51.4 Å². The lowest BCUT2D eigenvalue weighted by Crippen LogP contribution is -2.47. The van der Waals surface area contributed by atoms with Gasteiger partial charge in [-0.2, -0.15) is 0 Å². The molecule has 2 unspecified atom stereocenters. The van der Waals surface area contributed by atoms with Crippen LogP contribution in [-0.4, -0.2) is 38.9 Å². The van der Waals surface area contributed by atoms with Crippen LogP contribution < -0.4 is 10.2 Å². The van der Waals surface area contributed by atoms with Crippen LogP contribution in [0.1, 0.15) is 18.9 Å². The third-order valence-corrected chi connectivity index (χ3v) is 4.43. The minimum Gasteiger partial charge on any atom is -0.381 e. The molecule has 2 heterocycles. The van der Waals surface area contributed by atoms with Crippen molar-refractivity contribution < 1.29 is 9.13 Å². The smallest absolute Gasteiger partial charge is 0.125 e. The van der Waals surface area contributed by atoms with E-state index in [1.807, 2.05) is 6.07 Å². The number of ether oxygens (including phenoxy) is 1. The van der Waals surface area contributed by atoms with E-state index in [4.69, 9.17) is 4.74 Å². The average molecular weight is 278 g/mol. The van der Waals surface area contributed by atoms with Crippen LogP contribution in [0.3, 0.4) is 0 Å². The third-order valence-electron chi connectivity index (χ3n) is 4.43. The summed E-state index contributed by atoms with van der Waals surface area (Å²) in [4.78, 5) is 2.32. The number of nitrogens with one attached hydrogen (secondary N) is 1. The molecule has 0 spiro atoms. The number of benzene rings is 1. The van der Waals surface area contributed by atoms with E-state index in [1.165, 1.54) is 5.56 Å². The second-order valence-corrected chi connectivity index (χ2v) is 5.76. The monoisotopic (exact) mass is 278 g/mol. The number of rotatable bonds is 4. The molecule has 2 aliphatic rings. The molecule has 1 aromatic rings. The maximum atomic E-state index is 13.4. The zero-order valence-corrected chi connectivity index (χ0v) is 12.1. The predicted octanol–water partition coefficient (Wildman–Crippen LogP) is 2.20. The van der Waals surface area contributed by atoms with E-state index in [1.54, 1.807) is 12.1 Å². The Labute approximate surface area is 120 Å². The van der Waals surface area contributed by atoms with Crippen LogP contribution in [-0.2, 0) is 11.2 Å². The summed E-state index contributed by atoms with van der Waals surface area (Å²) in [6, 6.07) is 5.68. The van der Waals surface area contributed by atoms with Gasteiger partial charge in [-0.1, -0.05) is 13.0 Å². The Morgan fingerprint density at radius 1 is 1.45 bits per heavy atom. The fourth-order valence-corrected chi connectivity index (χ4v) is 3.40. The first kappa shape index (κ1) is 13.8. The quantitative estimate of drug-likeness (QED) is 0.914. The van der Waals surface area contributed by atoms with E-state index in [2.05, 4.69) is 17.1 Å². The van der Waals surface area contributed by atoms with Gasteiger partial charge in [0.05, 0.1) is 6.61 Å². The first-order valence-electron chi connectivity index (χ1n) is 7.62. The molecule has 2 aliphatic heterocycles. The molecular formula is C16H23FN2O. The molecule has 0 saturated carbocycles. The number of nitrogens with zero attached hydrogens (tertiary/aromatic N) is 1. The Kier molecular flexibility index (Phi) is 4.22. The fraction of sp³-hybridized carbons (Fsp3) is 0.625. The normalized spacial score (nSPS) is 25.8. The highest BCUT2D eigenvalue weighted by Crippen LogP contribution is 2.30. The molecule has 20 heavy (non-hydrogen) atoms. The van der Waals surface area contributed by atoms with Crippen LogP contribution in [0.2, 0.25) is 0 Å². The Morgan fingerprint density at radius 2 is 2.35 bits per heavy atom. The third kappa shape index (κ3) is 2.81. The molecule has 4 heteroatoms. The molecule has 0 radical (unpaired) electrons. The van der Waals surface area contributed by atoms with Gasteiger partial charge in [0.2, 0.25) is 0 Å². The molecule has 3 nitrogen and oxygen atoms in total. The van der Waals surface area contributed by atoms with E-state index < -0.39 is 0 Å². The largest absolute Gasteiger partial charge is 0.381 e. The van der Waals surface area contributed by atoms with Crippen molar-refractivity contribution in [1.82, 2.24) is 5.32 Å². The maximum Gasteiger partial charge on any atom is 0.125 e. The van der Waals surface area contributed by atoms with Crippen molar-refractivity contribution in [1.29, 1.82) is 0 Å². The highest BCUT2D eigenvalue weighted by molar-refractivity contribution is 5.58. The standard InChI is InChI=1S/C16H23FN2O/c1-2-18-15-6-8-20-11-13(15)10-19-7-5-12-3-4-14(17)9-16(12)19/h3-4,9,13,15,18H,2,5-8,10-11H2,1H3. The van der Waals surface area contributed by atoms with Gasteiger partial charge in [-0.3, -0.25) is 0 Å². The molecule has 1 N–H and O–H groups in total. The number of hydrogen-bond donors (Lipinski definition) is 1. The molecule has 2 atom stereocenters. The van der Waals surface area contributed by atoms with Gasteiger partial charge in [-0.15, -0.1) is 0 Å². The number of fused-ring (bicyclic) bond motifs is 1. The molecule has 0 bridgehead atoms. The summed E-state index contributed by atoms with van der Waals surface area (Å²) in [5.41, 5.74) is 2.34. The van der Waals surface area contributed by atoms with Crippen LogP contribution >= 0.6 is 0 Å². The molecule has 1 fully saturated rings. The molecule has 0 aliphatic carbocycles. The van der Waals surface area contributed by atoms with E-state index in [-0.39, 0.29) is 5.82 Å². The van der Waals surface area contributed by atoms with Gasteiger partial charge in [0.15, 0.2) is 0 Å². The Hall–Kier alpha value is -1.13. The van der Waals surface area contributed by atoms with Gasteiger partial charge >= 0.3 is 0 Å². The van der Waals surface area contributed by atoms with Gasteiger partial charge < -0.3 is 15.0 Å². The Morgan fingerprint density at radius 3 is 3.20 bits per heavy atom. The second kappa shape index (κ2) is 6.10. The maximum absolute atomic E-state index is 13.4. The molecule has 3 rings (SSSR count). The van der Waals surface area contributed by atoms with Crippen LogP contribution in [0.5, 0.6) is 0 Å². The van der Waals surface area contributed by atoms with Crippen molar-refractivity contribution >= 4 is 5.69 Å². The van der Waals surface area contributed by atoms with Crippen molar-refractivity contribution in [3.63, 3.8) is 0 Å². The summed E-state index contributed by atoms with van der Waals surface area (Å²) in [5.74, 6) is 0.344. The zero-order valence-electron chi connectivity index (χ0n) is 12.1. The van der Waals surface area contributed by atoms with Crippen LogP contribution in [0, 0.1) is 11.7 Å². The van der Waals surface area contributed by atoms with Gasteiger partial charge in [-0.05, 0) is 37.1 Å². The molecule has 0 amide bonds. The van der Waals surface area contributed by atoms with E-state index >= 15 is 0 Å². The molecule has 0 aromatic heterocycles. The van der Waals surface area contributed by atoms with Crippen LogP contribution in [0.25, 0.3) is 0 Å². The lowest BCUT2D eigenvalue weighted by Gasteiger charge is -2.35. The first-order valence-corrected chi connectivity index (χ1v) is 7.62. The minimum atomic E-state index is -0.140. The van der Waals surface area contributed by atoms with Crippen molar-refractivity contribution in [2.24, 2.45) is 5.92 Å². The van der Waals surface area contributed by atoms with Crippen molar-refractivity contribution in [2.75, 3.05) is 37.7 Å². The van der Waals surface area contributed by atoms with Gasteiger partial charge in [-0.25, -0.2) is 4.39 Å².